The van der Waals surface area contributed by atoms with Gasteiger partial charge in [0, 0.05) is 0 Å². The predicted octanol–water partition coefficient (Wildman–Crippen LogP) is 9.77. The van der Waals surface area contributed by atoms with Gasteiger partial charge in [-0.3, -0.25) is 0 Å². The van der Waals surface area contributed by atoms with Crippen molar-refractivity contribution in [2.45, 2.75) is 88.8 Å². The van der Waals surface area contributed by atoms with Gasteiger partial charge in [-0.2, -0.15) is 30.7 Å². The fraction of sp³-hybridized carbons (Fsp3) is 0.556. The molecular weight excluding hydrogens is 473 g/mol. The highest BCUT2D eigenvalue weighted by Crippen LogP contribution is 2.47. The van der Waals surface area contributed by atoms with E-state index >= 15 is 0 Å². The number of unbranched alkanes of at least 4 members (excludes halogenated alkanes) is 3. The van der Waals surface area contributed by atoms with Crippen LogP contribution in [0.15, 0.2) is 48.5 Å². The quantitative estimate of drug-likeness (QED) is 0.231. The highest BCUT2D eigenvalue weighted by atomic mass is 19.4. The van der Waals surface area contributed by atoms with Crippen LogP contribution in [0.4, 0.5) is 30.7 Å². The monoisotopic (exact) mass is 504 g/mol. The second-order valence-electron chi connectivity index (χ2n) is 9.40. The molecule has 0 atom stereocenters. The van der Waals surface area contributed by atoms with Gasteiger partial charge in [-0.1, -0.05) is 75.4 Å². The minimum absolute atomic E-state index is 0.504. The number of rotatable bonds is 10. The summed E-state index contributed by atoms with van der Waals surface area (Å²) >= 11 is 0. The zero-order valence-corrected chi connectivity index (χ0v) is 19.7. The van der Waals surface area contributed by atoms with Crippen molar-refractivity contribution in [3.63, 3.8) is 0 Å². The van der Waals surface area contributed by atoms with Crippen LogP contribution in [0.5, 0.6) is 5.75 Å². The molecule has 0 radical (unpaired) electrons. The predicted molar refractivity (Wildman–Crippen MR) is 122 cm³/mol. The average Bonchev–Trinajstić information content (AvgIpc) is 2.82. The van der Waals surface area contributed by atoms with E-state index < -0.39 is 24.0 Å². The summed E-state index contributed by atoms with van der Waals surface area (Å²) in [4.78, 5) is 0. The molecule has 0 heterocycles. The van der Waals surface area contributed by atoms with Crippen LogP contribution in [0.3, 0.4) is 0 Å². The molecule has 0 bridgehead atoms. The molecule has 0 unspecified atom stereocenters. The summed E-state index contributed by atoms with van der Waals surface area (Å²) in [6.45, 7) is 2.22. The zero-order valence-electron chi connectivity index (χ0n) is 19.7. The number of hydrogen-bond acceptors (Lipinski definition) is 1. The molecule has 1 nitrogen and oxygen atoms in total. The lowest BCUT2D eigenvalue weighted by atomic mass is 9.77. The first-order valence-corrected chi connectivity index (χ1v) is 12.2. The molecule has 0 amide bonds. The molecule has 194 valence electrons. The first kappa shape index (κ1) is 27.3. The summed E-state index contributed by atoms with van der Waals surface area (Å²) < 4.78 is 93.5. The Bertz CT molecular complexity index is 912. The zero-order chi connectivity index (χ0) is 25.7. The molecule has 0 aromatic heterocycles. The van der Waals surface area contributed by atoms with Crippen molar-refractivity contribution in [1.82, 2.24) is 0 Å². The Morgan fingerprint density at radius 1 is 0.714 bits per heavy atom. The molecule has 0 spiro atoms. The molecule has 35 heavy (non-hydrogen) atoms. The van der Waals surface area contributed by atoms with E-state index in [2.05, 4.69) is 11.7 Å². The largest absolute Gasteiger partial charge is 0.474 e. The normalized spacial score (nSPS) is 19.5. The maximum Gasteiger partial charge on any atom is 0.474 e. The Morgan fingerprint density at radius 3 is 1.77 bits per heavy atom. The van der Waals surface area contributed by atoms with Gasteiger partial charge in [-0.25, -0.2) is 0 Å². The number of benzene rings is 2. The minimum Gasteiger partial charge on any atom is -0.428 e. The maximum absolute atomic E-state index is 13.5. The lowest BCUT2D eigenvalue weighted by Gasteiger charge is -2.29. The molecule has 3 rings (SSSR count). The molecular formula is C27H31F7O. The molecule has 1 fully saturated rings. The Morgan fingerprint density at radius 2 is 1.26 bits per heavy atom. The number of alkyl halides is 7. The topological polar surface area (TPSA) is 9.23 Å². The lowest BCUT2D eigenvalue weighted by molar-refractivity contribution is -0.402. The third-order valence-corrected chi connectivity index (χ3v) is 6.85. The molecule has 1 aliphatic carbocycles. The summed E-state index contributed by atoms with van der Waals surface area (Å²) in [7, 11) is 0. The van der Waals surface area contributed by atoms with E-state index in [0.717, 1.165) is 36.5 Å². The smallest absolute Gasteiger partial charge is 0.428 e. The lowest BCUT2D eigenvalue weighted by Crippen LogP contribution is -2.55. The van der Waals surface area contributed by atoms with Crippen LogP contribution in [0.1, 0.15) is 76.2 Å². The molecule has 2 aromatic rings. The third-order valence-electron chi connectivity index (χ3n) is 6.85. The van der Waals surface area contributed by atoms with E-state index in [0.29, 0.717) is 11.5 Å². The van der Waals surface area contributed by atoms with Crippen LogP contribution in [-0.2, 0) is 0 Å². The number of halogens is 7. The standard InChI is InChI=1S/C27H31F7O/c1-2-3-4-5-6-19-7-9-20(10-8-19)21-11-13-22(14-12-21)23-15-17-24(18-16-23)35-27(33,34)25(28,29)26(30,31)32/h11-20H,2-10H2,1H3. The maximum atomic E-state index is 13.5. The highest BCUT2D eigenvalue weighted by Gasteiger charge is 2.75. The summed E-state index contributed by atoms with van der Waals surface area (Å²) in [6, 6.07) is 12.4. The minimum atomic E-state index is -6.44. The summed E-state index contributed by atoms with van der Waals surface area (Å²) in [6.07, 6.45) is -0.912. The Balaban J connectivity index is 1.57. The summed E-state index contributed by atoms with van der Waals surface area (Å²) in [5.41, 5.74) is 2.62. The van der Waals surface area contributed by atoms with Gasteiger partial charge < -0.3 is 4.74 Å². The van der Waals surface area contributed by atoms with E-state index in [4.69, 9.17) is 0 Å². The van der Waals surface area contributed by atoms with E-state index in [1.54, 1.807) is 0 Å². The first-order valence-electron chi connectivity index (χ1n) is 12.2. The SMILES string of the molecule is CCCCCCC1CCC(c2ccc(-c3ccc(OC(F)(F)C(F)(F)C(F)(F)F)cc3)cc2)CC1. The van der Waals surface area contributed by atoms with Crippen LogP contribution in [-0.4, -0.2) is 18.2 Å². The fourth-order valence-electron chi connectivity index (χ4n) is 4.68. The Hall–Kier alpha value is -2.25. The third kappa shape index (κ3) is 6.70. The Labute approximate surface area is 201 Å². The van der Waals surface area contributed by atoms with E-state index in [1.165, 1.54) is 62.6 Å². The number of hydrogen-bond donors (Lipinski definition) is 0. The highest BCUT2D eigenvalue weighted by molar-refractivity contribution is 5.64. The fourth-order valence-corrected chi connectivity index (χ4v) is 4.68. The average molecular weight is 505 g/mol. The van der Waals surface area contributed by atoms with Gasteiger partial charge in [0.05, 0.1) is 0 Å². The van der Waals surface area contributed by atoms with Crippen molar-refractivity contribution in [3.8, 4) is 16.9 Å². The van der Waals surface area contributed by atoms with E-state index in [1.807, 2.05) is 24.3 Å². The van der Waals surface area contributed by atoms with Crippen LogP contribution in [0, 0.1) is 5.92 Å². The van der Waals surface area contributed by atoms with Crippen molar-refractivity contribution < 1.29 is 35.5 Å². The number of ether oxygens (including phenoxy) is 1. The molecule has 1 aliphatic rings. The van der Waals surface area contributed by atoms with Gasteiger partial charge in [-0.05, 0) is 66.3 Å². The van der Waals surface area contributed by atoms with Crippen molar-refractivity contribution in [3.05, 3.63) is 54.1 Å². The first-order chi connectivity index (χ1) is 16.4. The molecule has 2 aromatic carbocycles. The van der Waals surface area contributed by atoms with Crippen LogP contribution in [0.25, 0.3) is 11.1 Å². The summed E-state index contributed by atoms with van der Waals surface area (Å²) in [5, 5.41) is 0. The van der Waals surface area contributed by atoms with Gasteiger partial charge >= 0.3 is 18.2 Å². The summed E-state index contributed by atoms with van der Waals surface area (Å²) in [5.74, 6) is -5.79. The van der Waals surface area contributed by atoms with Gasteiger partial charge in [0.1, 0.15) is 5.75 Å². The van der Waals surface area contributed by atoms with E-state index in [9.17, 15) is 30.7 Å². The van der Waals surface area contributed by atoms with Gasteiger partial charge in [0.2, 0.25) is 0 Å². The van der Waals surface area contributed by atoms with Crippen LogP contribution >= 0.6 is 0 Å². The molecule has 0 aliphatic heterocycles. The van der Waals surface area contributed by atoms with Gasteiger partial charge in [0.25, 0.3) is 0 Å². The van der Waals surface area contributed by atoms with Crippen LogP contribution in [0.2, 0.25) is 0 Å². The molecule has 0 N–H and O–H groups in total. The second kappa shape index (κ2) is 11.2. The second-order valence-corrected chi connectivity index (χ2v) is 9.40. The molecule has 1 saturated carbocycles. The molecule has 8 heteroatoms. The molecule has 0 saturated heterocycles. The van der Waals surface area contributed by atoms with Crippen molar-refractivity contribution in [2.75, 3.05) is 0 Å². The van der Waals surface area contributed by atoms with Crippen molar-refractivity contribution in [2.24, 2.45) is 5.92 Å². The van der Waals surface area contributed by atoms with Crippen molar-refractivity contribution >= 4 is 0 Å². The van der Waals surface area contributed by atoms with Gasteiger partial charge in [0.15, 0.2) is 0 Å². The van der Waals surface area contributed by atoms with Crippen molar-refractivity contribution in [1.29, 1.82) is 0 Å². The van der Waals surface area contributed by atoms with Crippen LogP contribution < -0.4 is 4.74 Å². The van der Waals surface area contributed by atoms with Gasteiger partial charge in [-0.15, -0.1) is 0 Å². The van der Waals surface area contributed by atoms with E-state index in [-0.39, 0.29) is 0 Å². The Kier molecular flexibility index (Phi) is 8.76.